The van der Waals surface area contributed by atoms with E-state index in [1.807, 2.05) is 48.5 Å². The van der Waals surface area contributed by atoms with Gasteiger partial charge in [-0.05, 0) is 59.0 Å². The second-order valence-corrected chi connectivity index (χ2v) is 9.45. The van der Waals surface area contributed by atoms with Crippen molar-refractivity contribution in [3.63, 3.8) is 0 Å². The minimum atomic E-state index is -0.864. The lowest BCUT2D eigenvalue weighted by Gasteiger charge is -2.18. The highest BCUT2D eigenvalue weighted by molar-refractivity contribution is 6.30. The molecule has 2 N–H and O–H groups in total. The van der Waals surface area contributed by atoms with Crippen molar-refractivity contribution in [1.29, 1.82) is 0 Å². The van der Waals surface area contributed by atoms with Crippen LogP contribution >= 0.6 is 11.6 Å². The van der Waals surface area contributed by atoms with E-state index in [2.05, 4.69) is 5.32 Å². The lowest BCUT2D eigenvalue weighted by atomic mass is 9.87. The summed E-state index contributed by atoms with van der Waals surface area (Å²) in [6.07, 6.45) is 6.87. The van der Waals surface area contributed by atoms with Gasteiger partial charge in [0.1, 0.15) is 5.75 Å². The van der Waals surface area contributed by atoms with Gasteiger partial charge in [0.05, 0.1) is 6.42 Å². The first-order valence-electron chi connectivity index (χ1n) is 11.9. The number of carbonyl (C=O) groups is 2. The lowest BCUT2D eigenvalue weighted by Crippen LogP contribution is -2.37. The fourth-order valence-electron chi connectivity index (χ4n) is 4.69. The number of hydrogen-bond acceptors (Lipinski definition) is 3. The molecule has 1 saturated carbocycles. The van der Waals surface area contributed by atoms with Crippen molar-refractivity contribution in [3.8, 4) is 5.75 Å². The second-order valence-electron chi connectivity index (χ2n) is 9.02. The minimum absolute atomic E-state index is 0.0197. The Bertz CT molecular complexity index is 1140. The van der Waals surface area contributed by atoms with Gasteiger partial charge in [-0.1, -0.05) is 73.7 Å². The summed E-state index contributed by atoms with van der Waals surface area (Å²) in [4.78, 5) is 24.0. The molecular weight excluding hydrogens is 450 g/mol. The molecule has 1 fully saturated rings. The van der Waals surface area contributed by atoms with Gasteiger partial charge in [0.25, 0.3) is 5.91 Å². The van der Waals surface area contributed by atoms with Crippen LogP contribution in [0.15, 0.2) is 60.7 Å². The molecule has 34 heavy (non-hydrogen) atoms. The number of hydrogen-bond donors (Lipinski definition) is 2. The van der Waals surface area contributed by atoms with Crippen LogP contribution in [0.5, 0.6) is 5.75 Å². The summed E-state index contributed by atoms with van der Waals surface area (Å²) in [5, 5.41) is 15.2. The van der Waals surface area contributed by atoms with E-state index in [1.54, 1.807) is 12.1 Å². The Morgan fingerprint density at radius 1 is 0.912 bits per heavy atom. The molecule has 1 atom stereocenters. The zero-order chi connectivity index (χ0) is 23.9. The number of ether oxygens (including phenoxy) is 1. The second kappa shape index (κ2) is 11.4. The zero-order valence-electron chi connectivity index (χ0n) is 19.1. The molecule has 0 aromatic heterocycles. The van der Waals surface area contributed by atoms with E-state index >= 15 is 0 Å². The normalized spacial score (nSPS) is 15.4. The number of carboxylic acids is 1. The Morgan fingerprint density at radius 2 is 1.59 bits per heavy atom. The third kappa shape index (κ3) is 6.51. The number of fused-ring (bicyclic) bond motifs is 1. The molecule has 0 heterocycles. The molecule has 178 valence electrons. The first-order chi connectivity index (χ1) is 16.5. The molecule has 0 saturated heterocycles. The van der Waals surface area contributed by atoms with Crippen molar-refractivity contribution in [2.75, 3.05) is 6.61 Å². The van der Waals surface area contributed by atoms with E-state index < -0.39 is 5.97 Å². The first kappa shape index (κ1) is 24.1. The van der Waals surface area contributed by atoms with Gasteiger partial charge in [0, 0.05) is 17.0 Å². The molecule has 0 bridgehead atoms. The highest BCUT2D eigenvalue weighted by Gasteiger charge is 2.19. The number of rotatable bonds is 8. The van der Waals surface area contributed by atoms with E-state index in [9.17, 15) is 14.7 Å². The third-order valence-electron chi connectivity index (χ3n) is 6.48. The molecular formula is C28H30ClNO4. The van der Waals surface area contributed by atoms with E-state index in [-0.39, 0.29) is 30.9 Å². The maximum absolute atomic E-state index is 12.4. The van der Waals surface area contributed by atoms with Crippen LogP contribution in [0.4, 0.5) is 0 Å². The average molecular weight is 480 g/mol. The number of amides is 1. The highest BCUT2D eigenvalue weighted by Crippen LogP contribution is 2.32. The molecule has 1 unspecified atom stereocenters. The van der Waals surface area contributed by atoms with Crippen LogP contribution in [0.3, 0.4) is 0 Å². The van der Waals surface area contributed by atoms with Gasteiger partial charge in [0.15, 0.2) is 6.61 Å². The Balaban J connectivity index is 1.48. The van der Waals surface area contributed by atoms with E-state index in [0.29, 0.717) is 10.8 Å². The Hall–Kier alpha value is -3.05. The summed E-state index contributed by atoms with van der Waals surface area (Å²) in [6.45, 7) is -0.0197. The van der Waals surface area contributed by atoms with Crippen LogP contribution in [0.25, 0.3) is 10.8 Å². The molecule has 6 heteroatoms. The van der Waals surface area contributed by atoms with Crippen LogP contribution in [0.1, 0.15) is 62.0 Å². The third-order valence-corrected chi connectivity index (χ3v) is 6.73. The van der Waals surface area contributed by atoms with Crippen LogP contribution in [-0.4, -0.2) is 29.6 Å². The van der Waals surface area contributed by atoms with Gasteiger partial charge >= 0.3 is 5.97 Å². The Kier molecular flexibility index (Phi) is 8.07. The fourth-order valence-corrected chi connectivity index (χ4v) is 4.82. The Morgan fingerprint density at radius 3 is 2.29 bits per heavy atom. The van der Waals surface area contributed by atoms with Crippen LogP contribution in [0.2, 0.25) is 5.02 Å². The van der Waals surface area contributed by atoms with Crippen LogP contribution in [-0.2, 0) is 9.59 Å². The standard InChI is InChI=1S/C28H30ClNO4/c29-23-12-9-20(10-13-23)26(17-28(32)33)21-8-7-19-11-14-25(16-22(19)15-21)34-18-27(31)30-24-5-3-1-2-4-6-24/h7-16,24,26H,1-6,17-18H2,(H,30,31)(H,32,33). The number of nitrogens with one attached hydrogen (secondary N) is 1. The maximum atomic E-state index is 12.4. The van der Waals surface area contributed by atoms with Crippen molar-refractivity contribution in [2.24, 2.45) is 0 Å². The molecule has 1 aliphatic carbocycles. The summed E-state index contributed by atoms with van der Waals surface area (Å²) >= 11 is 6.02. The van der Waals surface area contributed by atoms with Gasteiger partial charge in [-0.2, -0.15) is 0 Å². The lowest BCUT2D eigenvalue weighted by molar-refractivity contribution is -0.137. The van der Waals surface area contributed by atoms with Crippen molar-refractivity contribution < 1.29 is 19.4 Å². The fraction of sp³-hybridized carbons (Fsp3) is 0.357. The van der Waals surface area contributed by atoms with Crippen molar-refractivity contribution in [2.45, 2.75) is 56.9 Å². The number of carboxylic acid groups (broad SMARTS) is 1. The summed E-state index contributed by atoms with van der Waals surface area (Å²) in [5.41, 5.74) is 1.80. The molecule has 3 aromatic carbocycles. The van der Waals surface area contributed by atoms with E-state index in [1.165, 1.54) is 12.8 Å². The van der Waals surface area contributed by atoms with Crippen molar-refractivity contribution >= 4 is 34.2 Å². The first-order valence-corrected chi connectivity index (χ1v) is 12.3. The molecule has 5 nitrogen and oxygen atoms in total. The van der Waals surface area contributed by atoms with Gasteiger partial charge in [-0.25, -0.2) is 0 Å². The highest BCUT2D eigenvalue weighted by atomic mass is 35.5. The van der Waals surface area contributed by atoms with Gasteiger partial charge in [0.2, 0.25) is 0 Å². The summed E-state index contributed by atoms with van der Waals surface area (Å²) in [7, 11) is 0. The molecule has 0 spiro atoms. The van der Waals surface area contributed by atoms with Gasteiger partial charge < -0.3 is 15.2 Å². The summed E-state index contributed by atoms with van der Waals surface area (Å²) in [5.74, 6) is -0.641. The maximum Gasteiger partial charge on any atom is 0.304 e. The Labute approximate surface area is 205 Å². The molecule has 0 radical (unpaired) electrons. The van der Waals surface area contributed by atoms with Crippen molar-refractivity contribution in [1.82, 2.24) is 5.32 Å². The number of benzene rings is 3. The van der Waals surface area contributed by atoms with E-state index in [0.717, 1.165) is 47.6 Å². The number of aliphatic carboxylic acids is 1. The largest absolute Gasteiger partial charge is 0.484 e. The average Bonchev–Trinajstić information content (AvgIpc) is 3.10. The minimum Gasteiger partial charge on any atom is -0.484 e. The predicted molar refractivity (Wildman–Crippen MR) is 135 cm³/mol. The summed E-state index contributed by atoms with van der Waals surface area (Å²) in [6, 6.07) is 19.2. The zero-order valence-corrected chi connectivity index (χ0v) is 19.9. The smallest absolute Gasteiger partial charge is 0.304 e. The molecule has 1 amide bonds. The van der Waals surface area contributed by atoms with Crippen molar-refractivity contribution in [3.05, 3.63) is 76.8 Å². The van der Waals surface area contributed by atoms with Gasteiger partial charge in [-0.15, -0.1) is 0 Å². The SMILES string of the molecule is O=C(O)CC(c1ccc(Cl)cc1)c1ccc2ccc(OCC(=O)NC3CCCCCC3)cc2c1. The van der Waals surface area contributed by atoms with Gasteiger partial charge in [-0.3, -0.25) is 9.59 Å². The quantitative estimate of drug-likeness (QED) is 0.371. The molecule has 1 aliphatic rings. The molecule has 3 aromatic rings. The number of carbonyl (C=O) groups excluding carboxylic acids is 1. The number of halogens is 1. The monoisotopic (exact) mass is 479 g/mol. The molecule has 4 rings (SSSR count). The topological polar surface area (TPSA) is 75.6 Å². The summed E-state index contributed by atoms with van der Waals surface area (Å²) < 4.78 is 5.79. The van der Waals surface area contributed by atoms with Crippen LogP contribution < -0.4 is 10.1 Å². The van der Waals surface area contributed by atoms with E-state index in [4.69, 9.17) is 16.3 Å². The predicted octanol–water partition coefficient (Wildman–Crippen LogP) is 6.32. The molecule has 0 aliphatic heterocycles. The van der Waals surface area contributed by atoms with Crippen LogP contribution in [0, 0.1) is 0 Å².